The molecule has 1 fully saturated rings. The Morgan fingerprint density at radius 2 is 1.07 bits per heavy atom. The molecule has 4 aromatic carbocycles. The van der Waals surface area contributed by atoms with Crippen LogP contribution in [-0.4, -0.2) is 179 Å². The molecule has 122 heavy (non-hydrogen) atoms. The van der Waals surface area contributed by atoms with Crippen LogP contribution < -0.4 is 72.2 Å². The number of esters is 2. The molecule has 0 amide bonds. The third-order valence-corrected chi connectivity index (χ3v) is 19.9. The zero-order chi connectivity index (χ0) is 87.9. The maximum absolute atomic E-state index is 10.8. The van der Waals surface area contributed by atoms with Crippen molar-refractivity contribution < 1.29 is 69.1 Å². The maximum Gasteiger partial charge on any atom is 1.00 e. The van der Waals surface area contributed by atoms with Crippen molar-refractivity contribution in [3.05, 3.63) is 220 Å². The van der Waals surface area contributed by atoms with E-state index in [2.05, 4.69) is 187 Å². The van der Waals surface area contributed by atoms with Crippen LogP contribution in [0.1, 0.15) is 79.4 Å². The first-order valence-corrected chi connectivity index (χ1v) is 45.7. The molecule has 0 unspecified atom stereocenters. The summed E-state index contributed by atoms with van der Waals surface area (Å²) in [6.45, 7) is 7.58. The van der Waals surface area contributed by atoms with Crippen molar-refractivity contribution in [1.29, 1.82) is 15.8 Å². The standard InChI is InChI=1S/C22H23N5OS.C14H12O2.C9H9N3O2S.C8H11N5S.C6H3BrN2S.C5H2ClN3.C5H3N3S.C4H8O2S.C4H8O.C3H10N2.Br2.Na.H/c1-28-19-9-7-18(8-10-19)17-5-3-16(4-6-17)15-23-11-2-12-25-21-20-22(29-27-21)26-14-13-24-20;1-16-14-8-6-13(7-9-14)12-4-2-11(10-15)3-5-12;1-14-8(13)2-5-15-9-7(6-10)11-3-4-12-9;9-2-1-3-11-7-6-8(14-13-7)12-5-4-10-6;7-6-5-4(10-9-6)2-1-3-8-5;6-5-4(3-7)8-1-2-9-5;6-3-4-5(9)8-2-1-7-4;1-6-4(5)2-3-7;1-2-4-5-3-1;4-2-1-3-5;1-2;;/h3-10,13-14,23H,2,11-12,15H2,1H3,(H,25,27);2-10H,1H3;3-4H,2,5H2,1H3;4-5H,1-3,9H2,(H,11,13);1-3H;1-2H;1-2H,(H,8,9);7H,2-3H2,1H3;1-4H2;1-5H2;;;/q;;;;;;;;;;;+1;-1. The number of nitriles is 3. The van der Waals surface area contributed by atoms with Gasteiger partial charge in [-0.15, -0.1) is 11.8 Å². The number of rotatable bonds is 24. The molecule has 13 aromatic rings. The van der Waals surface area contributed by atoms with Crippen LogP contribution in [0, 0.1) is 38.6 Å². The molecule has 638 valence electrons. The van der Waals surface area contributed by atoms with Crippen LogP contribution in [0.15, 0.2) is 187 Å². The number of hydrogen-bond donors (Lipinski definition) is 8. The zero-order valence-electron chi connectivity index (χ0n) is 68.2. The summed E-state index contributed by atoms with van der Waals surface area (Å²) in [6, 6.07) is 41.6. The van der Waals surface area contributed by atoms with Gasteiger partial charge in [0.15, 0.2) is 43.5 Å². The molecule has 10 N–H and O–H groups in total. The molecule has 1 aliphatic heterocycles. The number of aromatic nitrogens is 14. The molecule has 0 radical (unpaired) electrons. The number of methoxy groups -OCH3 is 4. The Kier molecular flexibility index (Phi) is 59.1. The first kappa shape index (κ1) is 107. The average Bonchev–Trinajstić information content (AvgIpc) is 1.70. The van der Waals surface area contributed by atoms with Crippen LogP contribution in [0.2, 0.25) is 5.15 Å². The van der Waals surface area contributed by atoms with Gasteiger partial charge >= 0.3 is 41.5 Å². The number of nitrogens with zero attached hydrogens (tertiary/aromatic N) is 16. The van der Waals surface area contributed by atoms with Crippen molar-refractivity contribution in [2.24, 2.45) is 17.2 Å². The number of aldehydes is 1. The minimum absolute atomic E-state index is 0. The second kappa shape index (κ2) is 67.3. The van der Waals surface area contributed by atoms with Crippen LogP contribution in [0.25, 0.3) is 53.2 Å². The van der Waals surface area contributed by atoms with Gasteiger partial charge in [0, 0.05) is 146 Å². The number of benzene rings is 4. The molecular formula is C80H90Br3ClN23NaO8S6. The Hall–Kier alpha value is -9.17. The van der Waals surface area contributed by atoms with Gasteiger partial charge < -0.3 is 63.2 Å². The van der Waals surface area contributed by atoms with Crippen LogP contribution in [0.4, 0.5) is 11.6 Å². The van der Waals surface area contributed by atoms with Gasteiger partial charge in [0.05, 0.1) is 46.0 Å². The van der Waals surface area contributed by atoms with E-state index in [0.29, 0.717) is 46.1 Å². The second-order valence-electron chi connectivity index (χ2n) is 23.2. The summed E-state index contributed by atoms with van der Waals surface area (Å²) < 4.78 is 39.1. The van der Waals surface area contributed by atoms with Gasteiger partial charge in [-0.05, 0) is 173 Å². The van der Waals surface area contributed by atoms with E-state index in [-0.39, 0.29) is 65.2 Å². The first-order chi connectivity index (χ1) is 59.1. The number of thiol groups is 1. The Bertz CT molecular complexity index is 5280. The number of hydrogen-bond acceptors (Lipinski definition) is 36. The van der Waals surface area contributed by atoms with Crippen LogP contribution in [-0.2, 0) is 30.3 Å². The number of fused-ring (bicyclic) bond motifs is 3. The first-order valence-electron chi connectivity index (χ1n) is 36.5. The summed E-state index contributed by atoms with van der Waals surface area (Å²) in [4.78, 5) is 75.8. The molecule has 10 heterocycles. The number of aromatic amines is 1. The monoisotopic (exact) mass is 1990 g/mol. The number of nitrogens with one attached hydrogen (secondary N) is 4. The van der Waals surface area contributed by atoms with Crippen LogP contribution in [0.5, 0.6) is 11.5 Å². The number of carbonyl (C=O) groups excluding carboxylic acids is 3. The SMILES string of the molecule is BrBr.Brc1nsc2cccnc12.C1CCOC1.COC(=O)CCS.COC(=O)CCSc1nccnc1C#N.COc1ccc(-c2ccc(C=O)cc2)cc1.COc1ccc(-c2ccc(CNCCCNc3nsc4nccnc34)cc2)cc1.N#Cc1ncc[nH]c1=S.N#Cc1nccnc1Cl.NCCCN.NCCCNc1nsc2nccnc12.[H-].[Na+]. The minimum Gasteiger partial charge on any atom is -1.00 e. The molecule has 1 aliphatic rings. The topological polar surface area (TPSA) is 466 Å². The van der Waals surface area contributed by atoms with E-state index in [1.165, 1.54) is 121 Å². The molecule has 42 heteroatoms. The van der Waals surface area contributed by atoms with E-state index in [0.717, 1.165) is 148 Å². The number of anilines is 2. The number of thioether (sulfide) groups is 1. The Labute approximate surface area is 787 Å². The molecule has 9 aromatic heterocycles. The predicted octanol–water partition coefficient (Wildman–Crippen LogP) is 13.2. The van der Waals surface area contributed by atoms with E-state index in [1.54, 1.807) is 57.5 Å². The van der Waals surface area contributed by atoms with Gasteiger partial charge in [-0.3, -0.25) is 19.4 Å². The Morgan fingerprint density at radius 1 is 0.598 bits per heavy atom. The number of H-pyrrole nitrogens is 1. The van der Waals surface area contributed by atoms with Gasteiger partial charge in [0.2, 0.25) is 0 Å². The summed E-state index contributed by atoms with van der Waals surface area (Å²) in [5, 5.41) is 36.0. The van der Waals surface area contributed by atoms with Gasteiger partial charge in [0.25, 0.3) is 0 Å². The minimum atomic E-state index is -0.273. The second-order valence-corrected chi connectivity index (χ2v) is 28.6. The van der Waals surface area contributed by atoms with Gasteiger partial charge in [-0.25, -0.2) is 44.9 Å². The zero-order valence-corrected chi connectivity index (χ0v) is 79.7. The van der Waals surface area contributed by atoms with Crippen LogP contribution in [0.3, 0.4) is 0 Å². The van der Waals surface area contributed by atoms with Crippen molar-refractivity contribution in [3.63, 3.8) is 0 Å². The fourth-order valence-corrected chi connectivity index (χ4v) is 12.9. The molecule has 0 spiro atoms. The van der Waals surface area contributed by atoms with Crippen molar-refractivity contribution >= 4 is 188 Å². The van der Waals surface area contributed by atoms with E-state index in [4.69, 9.17) is 71.0 Å². The number of pyridine rings is 1. The third-order valence-electron chi connectivity index (χ3n) is 15.0. The van der Waals surface area contributed by atoms with Crippen molar-refractivity contribution in [3.8, 4) is 52.0 Å². The van der Waals surface area contributed by atoms with E-state index >= 15 is 0 Å². The van der Waals surface area contributed by atoms with E-state index in [1.807, 2.05) is 84.9 Å². The Morgan fingerprint density at radius 3 is 1.52 bits per heavy atom. The van der Waals surface area contributed by atoms with Crippen LogP contribution >= 0.6 is 127 Å². The molecule has 0 aliphatic carbocycles. The summed E-state index contributed by atoms with van der Waals surface area (Å²) >= 11 is 28.3. The molecule has 14 rings (SSSR count). The summed E-state index contributed by atoms with van der Waals surface area (Å²) in [6.07, 6.45) is 24.4. The molecular weight excluding hydrogens is 1900 g/mol. The summed E-state index contributed by atoms with van der Waals surface area (Å²) in [7, 11) is 6.04. The van der Waals surface area contributed by atoms with Crippen molar-refractivity contribution in [1.82, 2.24) is 73.3 Å². The van der Waals surface area contributed by atoms with Crippen molar-refractivity contribution in [2.45, 2.75) is 56.5 Å². The summed E-state index contributed by atoms with van der Waals surface area (Å²) in [5.41, 5.74) is 25.4. The maximum atomic E-state index is 10.8. The molecule has 0 saturated carbocycles. The number of ether oxygens (including phenoxy) is 5. The number of nitrogens with two attached hydrogens (primary N) is 3. The smallest absolute Gasteiger partial charge is 1.00 e. The fourth-order valence-electron chi connectivity index (χ4n) is 8.94. The fraction of sp³-hybridized carbons (Fsp3) is 0.275. The molecule has 0 atom stereocenters. The average molecular weight is 1990 g/mol. The van der Waals surface area contributed by atoms with Gasteiger partial charge in [-0.2, -0.15) is 41.5 Å². The summed E-state index contributed by atoms with van der Waals surface area (Å²) in [5.74, 6) is 3.97. The predicted molar refractivity (Wildman–Crippen MR) is 497 cm³/mol. The molecule has 1 saturated heterocycles. The van der Waals surface area contributed by atoms with E-state index < -0.39 is 0 Å². The molecule has 31 nitrogen and oxygen atoms in total. The third kappa shape index (κ3) is 42.3. The van der Waals surface area contributed by atoms with E-state index in [9.17, 15) is 14.4 Å². The van der Waals surface area contributed by atoms with Crippen molar-refractivity contribution in [2.75, 3.05) is 103 Å². The number of halogens is 4. The Balaban J connectivity index is 0.000000482. The van der Waals surface area contributed by atoms with Gasteiger partial charge in [0.1, 0.15) is 66.8 Å². The quantitative estimate of drug-likeness (QED) is 0.00530. The normalized spacial score (nSPS) is 10.2. The largest absolute Gasteiger partial charge is 1.00 e. The molecule has 0 bridgehead atoms. The van der Waals surface area contributed by atoms with Gasteiger partial charge in [-0.1, -0.05) is 96.6 Å². The number of carbonyl (C=O) groups is 3.